The standard InChI is InChI=1S/C13H23N5O3/c1-4-5-15-12-11(21-3)13(18-9-17-12)16-8-10(19)14-6-7-20-2/h9H,4-8H2,1-3H3,(H,14,19)(H2,15,16,17,18). The summed E-state index contributed by atoms with van der Waals surface area (Å²) in [6.45, 7) is 3.90. The van der Waals surface area contributed by atoms with Crippen LogP contribution in [0.3, 0.4) is 0 Å². The average Bonchev–Trinajstić information content (AvgIpc) is 2.51. The molecule has 118 valence electrons. The number of rotatable bonds is 10. The molecular weight excluding hydrogens is 274 g/mol. The van der Waals surface area contributed by atoms with Crippen LogP contribution in [0, 0.1) is 0 Å². The molecule has 1 aromatic rings. The van der Waals surface area contributed by atoms with E-state index in [-0.39, 0.29) is 12.5 Å². The van der Waals surface area contributed by atoms with Crippen molar-refractivity contribution < 1.29 is 14.3 Å². The molecule has 8 heteroatoms. The second-order valence-corrected chi connectivity index (χ2v) is 4.23. The van der Waals surface area contributed by atoms with Gasteiger partial charge in [0.05, 0.1) is 20.3 Å². The zero-order valence-corrected chi connectivity index (χ0v) is 12.7. The smallest absolute Gasteiger partial charge is 0.239 e. The Morgan fingerprint density at radius 1 is 1.19 bits per heavy atom. The van der Waals surface area contributed by atoms with E-state index < -0.39 is 0 Å². The molecule has 0 fully saturated rings. The maximum atomic E-state index is 11.6. The fourth-order valence-electron chi connectivity index (χ4n) is 1.58. The summed E-state index contributed by atoms with van der Waals surface area (Å²) in [5, 5.41) is 8.80. The number of nitrogens with one attached hydrogen (secondary N) is 3. The number of anilines is 2. The van der Waals surface area contributed by atoms with E-state index in [0.29, 0.717) is 30.5 Å². The lowest BCUT2D eigenvalue weighted by Crippen LogP contribution is -2.32. The lowest BCUT2D eigenvalue weighted by Gasteiger charge is -2.13. The summed E-state index contributed by atoms with van der Waals surface area (Å²) in [6, 6.07) is 0. The molecule has 21 heavy (non-hydrogen) atoms. The first-order chi connectivity index (χ1) is 10.2. The number of carbonyl (C=O) groups is 1. The highest BCUT2D eigenvalue weighted by Gasteiger charge is 2.12. The van der Waals surface area contributed by atoms with Crippen LogP contribution >= 0.6 is 0 Å². The fourth-order valence-corrected chi connectivity index (χ4v) is 1.58. The summed E-state index contributed by atoms with van der Waals surface area (Å²) in [5.74, 6) is 1.44. The van der Waals surface area contributed by atoms with E-state index in [4.69, 9.17) is 9.47 Å². The molecule has 8 nitrogen and oxygen atoms in total. The van der Waals surface area contributed by atoms with Crippen molar-refractivity contribution >= 4 is 17.5 Å². The minimum Gasteiger partial charge on any atom is -0.490 e. The molecule has 0 spiro atoms. The fraction of sp³-hybridized carbons (Fsp3) is 0.615. The second-order valence-electron chi connectivity index (χ2n) is 4.23. The molecule has 0 saturated carbocycles. The van der Waals surface area contributed by atoms with E-state index in [1.54, 1.807) is 14.2 Å². The van der Waals surface area contributed by atoms with E-state index in [1.807, 2.05) is 0 Å². The van der Waals surface area contributed by atoms with E-state index in [1.165, 1.54) is 6.33 Å². The van der Waals surface area contributed by atoms with Gasteiger partial charge in [0.25, 0.3) is 0 Å². The zero-order valence-electron chi connectivity index (χ0n) is 12.7. The SMILES string of the molecule is CCCNc1ncnc(NCC(=O)NCCOC)c1OC. The first-order valence-corrected chi connectivity index (χ1v) is 6.85. The van der Waals surface area contributed by atoms with Crippen molar-refractivity contribution in [2.45, 2.75) is 13.3 Å². The Bertz CT molecular complexity index is 442. The summed E-state index contributed by atoms with van der Waals surface area (Å²) in [7, 11) is 3.13. The van der Waals surface area contributed by atoms with E-state index in [9.17, 15) is 4.79 Å². The van der Waals surface area contributed by atoms with Crippen molar-refractivity contribution in [2.24, 2.45) is 0 Å². The van der Waals surface area contributed by atoms with Gasteiger partial charge in [-0.25, -0.2) is 9.97 Å². The third kappa shape index (κ3) is 5.82. The molecule has 0 aliphatic heterocycles. The van der Waals surface area contributed by atoms with Gasteiger partial charge in [-0.15, -0.1) is 0 Å². The normalized spacial score (nSPS) is 10.0. The Morgan fingerprint density at radius 2 is 1.90 bits per heavy atom. The molecule has 1 rings (SSSR count). The van der Waals surface area contributed by atoms with Gasteiger partial charge in [-0.1, -0.05) is 6.92 Å². The highest BCUT2D eigenvalue weighted by atomic mass is 16.5. The first-order valence-electron chi connectivity index (χ1n) is 6.85. The van der Waals surface area contributed by atoms with Crippen LogP contribution in [0.5, 0.6) is 5.75 Å². The third-order valence-corrected chi connectivity index (χ3v) is 2.60. The van der Waals surface area contributed by atoms with Crippen LogP contribution in [-0.2, 0) is 9.53 Å². The van der Waals surface area contributed by atoms with Crippen LogP contribution in [0.2, 0.25) is 0 Å². The Kier molecular flexibility index (Phi) is 7.88. The molecule has 0 radical (unpaired) electrons. The van der Waals surface area contributed by atoms with Gasteiger partial charge in [0.15, 0.2) is 11.6 Å². The average molecular weight is 297 g/mol. The summed E-state index contributed by atoms with van der Waals surface area (Å²) in [5.41, 5.74) is 0. The second kappa shape index (κ2) is 9.76. The van der Waals surface area contributed by atoms with Crippen LogP contribution in [0.25, 0.3) is 0 Å². The van der Waals surface area contributed by atoms with Crippen molar-refractivity contribution in [1.82, 2.24) is 15.3 Å². The van der Waals surface area contributed by atoms with Crippen LogP contribution in [-0.4, -0.2) is 56.3 Å². The Labute approximate surface area is 124 Å². The highest BCUT2D eigenvalue weighted by Crippen LogP contribution is 2.28. The Balaban J connectivity index is 2.59. The maximum absolute atomic E-state index is 11.6. The molecule has 0 atom stereocenters. The number of methoxy groups -OCH3 is 2. The van der Waals surface area contributed by atoms with Gasteiger partial charge in [0.1, 0.15) is 6.33 Å². The Morgan fingerprint density at radius 3 is 2.52 bits per heavy atom. The van der Waals surface area contributed by atoms with Gasteiger partial charge in [-0.05, 0) is 6.42 Å². The molecule has 1 aromatic heterocycles. The number of aromatic nitrogens is 2. The minimum atomic E-state index is -0.143. The van der Waals surface area contributed by atoms with Crippen LogP contribution in [0.4, 0.5) is 11.6 Å². The van der Waals surface area contributed by atoms with Crippen molar-refractivity contribution in [1.29, 1.82) is 0 Å². The summed E-state index contributed by atoms with van der Waals surface area (Å²) >= 11 is 0. The molecule has 0 bridgehead atoms. The first kappa shape index (κ1) is 17.0. The van der Waals surface area contributed by atoms with Gasteiger partial charge in [-0.3, -0.25) is 4.79 Å². The molecule has 3 N–H and O–H groups in total. The molecule has 1 heterocycles. The van der Waals surface area contributed by atoms with Crippen molar-refractivity contribution in [2.75, 3.05) is 51.1 Å². The number of ether oxygens (including phenoxy) is 2. The molecular formula is C13H23N5O3. The molecule has 0 unspecified atom stereocenters. The number of nitrogens with zero attached hydrogens (tertiary/aromatic N) is 2. The molecule has 0 saturated heterocycles. The van der Waals surface area contributed by atoms with E-state index in [2.05, 4.69) is 32.8 Å². The lowest BCUT2D eigenvalue weighted by atomic mass is 10.4. The highest BCUT2D eigenvalue weighted by molar-refractivity contribution is 5.81. The van der Waals surface area contributed by atoms with Crippen molar-refractivity contribution in [3.05, 3.63) is 6.33 Å². The summed E-state index contributed by atoms with van der Waals surface area (Å²) in [6.07, 6.45) is 2.39. The van der Waals surface area contributed by atoms with Gasteiger partial charge >= 0.3 is 0 Å². The van der Waals surface area contributed by atoms with Gasteiger partial charge in [0, 0.05) is 20.2 Å². The largest absolute Gasteiger partial charge is 0.490 e. The molecule has 0 aliphatic rings. The molecule has 0 aliphatic carbocycles. The van der Waals surface area contributed by atoms with Crippen molar-refractivity contribution in [3.8, 4) is 5.75 Å². The molecule has 1 amide bonds. The number of carbonyl (C=O) groups excluding carboxylic acids is 1. The van der Waals surface area contributed by atoms with E-state index >= 15 is 0 Å². The van der Waals surface area contributed by atoms with Crippen molar-refractivity contribution in [3.63, 3.8) is 0 Å². The summed E-state index contributed by atoms with van der Waals surface area (Å²) < 4.78 is 10.2. The summed E-state index contributed by atoms with van der Waals surface area (Å²) in [4.78, 5) is 19.8. The maximum Gasteiger partial charge on any atom is 0.239 e. The predicted octanol–water partition coefficient (Wildman–Crippen LogP) is 0.482. The van der Waals surface area contributed by atoms with Gasteiger partial charge in [0.2, 0.25) is 11.7 Å². The number of hydrogen-bond donors (Lipinski definition) is 3. The van der Waals surface area contributed by atoms with Crippen LogP contribution in [0.1, 0.15) is 13.3 Å². The van der Waals surface area contributed by atoms with Crippen LogP contribution in [0.15, 0.2) is 6.33 Å². The predicted molar refractivity (Wildman–Crippen MR) is 80.7 cm³/mol. The topological polar surface area (TPSA) is 97.4 Å². The molecule has 0 aromatic carbocycles. The Hall–Kier alpha value is -2.09. The number of amides is 1. The van der Waals surface area contributed by atoms with Gasteiger partial charge < -0.3 is 25.4 Å². The van der Waals surface area contributed by atoms with Gasteiger partial charge in [-0.2, -0.15) is 0 Å². The van der Waals surface area contributed by atoms with Crippen LogP contribution < -0.4 is 20.7 Å². The zero-order chi connectivity index (χ0) is 15.5. The quantitative estimate of drug-likeness (QED) is 0.540. The minimum absolute atomic E-state index is 0.101. The van der Waals surface area contributed by atoms with E-state index in [0.717, 1.165) is 13.0 Å². The number of hydrogen-bond acceptors (Lipinski definition) is 7. The monoisotopic (exact) mass is 297 g/mol. The lowest BCUT2D eigenvalue weighted by molar-refractivity contribution is -0.119. The third-order valence-electron chi connectivity index (χ3n) is 2.60.